The van der Waals surface area contributed by atoms with Gasteiger partial charge in [0.05, 0.1) is 7.11 Å². The summed E-state index contributed by atoms with van der Waals surface area (Å²) in [5.41, 5.74) is 0. The van der Waals surface area contributed by atoms with E-state index in [1.165, 1.54) is 32.9 Å². The Kier molecular flexibility index (Phi) is 3.26. The molecule has 1 saturated carbocycles. The van der Waals surface area contributed by atoms with Crippen LogP contribution in [-0.4, -0.2) is 50.2 Å². The van der Waals surface area contributed by atoms with Crippen LogP contribution in [0.2, 0.25) is 0 Å². The van der Waals surface area contributed by atoms with Crippen molar-refractivity contribution in [1.29, 1.82) is 0 Å². The van der Waals surface area contributed by atoms with Crippen LogP contribution in [0.4, 0.5) is 0 Å². The van der Waals surface area contributed by atoms with E-state index in [2.05, 4.69) is 10.2 Å². The maximum Gasteiger partial charge on any atom is 0.324 e. The molecule has 86 valence electrons. The molecule has 0 radical (unpaired) electrons. The Bertz CT molecular complexity index is 245. The molecule has 1 saturated heterocycles. The number of likely N-dealkylation sites (N-methyl/N-ethyl adjacent to an activating group) is 1. The van der Waals surface area contributed by atoms with Crippen LogP contribution in [0.15, 0.2) is 0 Å². The van der Waals surface area contributed by atoms with Crippen LogP contribution in [0.1, 0.15) is 19.3 Å². The highest BCUT2D eigenvalue weighted by atomic mass is 16.5. The van der Waals surface area contributed by atoms with Gasteiger partial charge in [-0.05, 0) is 32.2 Å². The number of ether oxygens (including phenoxy) is 1. The van der Waals surface area contributed by atoms with Gasteiger partial charge in [0.25, 0.3) is 0 Å². The van der Waals surface area contributed by atoms with Crippen molar-refractivity contribution in [1.82, 2.24) is 10.2 Å². The second-order valence-electron chi connectivity index (χ2n) is 4.65. The SMILES string of the molecule is CNC(CN1CC2CCC1C2)C(=O)OC. The molecule has 2 rings (SSSR count). The van der Waals surface area contributed by atoms with Gasteiger partial charge in [0.1, 0.15) is 6.04 Å². The van der Waals surface area contributed by atoms with Gasteiger partial charge in [-0.1, -0.05) is 0 Å². The first-order valence-electron chi connectivity index (χ1n) is 5.73. The molecule has 2 aliphatic rings. The maximum absolute atomic E-state index is 11.4. The summed E-state index contributed by atoms with van der Waals surface area (Å²) in [5.74, 6) is 0.727. The highest BCUT2D eigenvalue weighted by molar-refractivity contribution is 5.75. The van der Waals surface area contributed by atoms with Gasteiger partial charge in [0, 0.05) is 19.1 Å². The molecule has 2 fully saturated rings. The highest BCUT2D eigenvalue weighted by Gasteiger charge is 2.39. The molecule has 0 aromatic carbocycles. The Morgan fingerprint density at radius 3 is 2.87 bits per heavy atom. The molecule has 0 aromatic rings. The van der Waals surface area contributed by atoms with E-state index in [1.54, 1.807) is 0 Å². The number of fused-ring (bicyclic) bond motifs is 2. The molecule has 0 aromatic heterocycles. The van der Waals surface area contributed by atoms with Crippen LogP contribution in [0.3, 0.4) is 0 Å². The second-order valence-corrected chi connectivity index (χ2v) is 4.65. The molecule has 1 aliphatic heterocycles. The van der Waals surface area contributed by atoms with Crippen molar-refractivity contribution >= 4 is 5.97 Å². The lowest BCUT2D eigenvalue weighted by Crippen LogP contribution is -2.47. The smallest absolute Gasteiger partial charge is 0.324 e. The summed E-state index contributed by atoms with van der Waals surface area (Å²) in [7, 11) is 3.26. The lowest BCUT2D eigenvalue weighted by atomic mass is 10.1. The molecule has 0 spiro atoms. The number of esters is 1. The first-order valence-corrected chi connectivity index (χ1v) is 5.73. The van der Waals surface area contributed by atoms with E-state index in [-0.39, 0.29) is 12.0 Å². The number of methoxy groups -OCH3 is 1. The number of likely N-dealkylation sites (tertiary alicyclic amines) is 1. The van der Waals surface area contributed by atoms with Gasteiger partial charge >= 0.3 is 5.97 Å². The van der Waals surface area contributed by atoms with Gasteiger partial charge in [0.15, 0.2) is 0 Å². The van der Waals surface area contributed by atoms with Crippen LogP contribution in [-0.2, 0) is 9.53 Å². The third-order valence-electron chi connectivity index (χ3n) is 3.77. The molecule has 3 atom stereocenters. The molecule has 4 nitrogen and oxygen atoms in total. The first kappa shape index (κ1) is 10.9. The maximum atomic E-state index is 11.4. The fourth-order valence-corrected chi connectivity index (χ4v) is 2.91. The minimum absolute atomic E-state index is 0.153. The van der Waals surface area contributed by atoms with Crippen molar-refractivity contribution in [2.75, 3.05) is 27.2 Å². The lowest BCUT2D eigenvalue weighted by Gasteiger charge is -2.29. The van der Waals surface area contributed by atoms with Gasteiger partial charge in [-0.25, -0.2) is 0 Å². The molecular weight excluding hydrogens is 192 g/mol. The molecule has 15 heavy (non-hydrogen) atoms. The summed E-state index contributed by atoms with van der Waals surface area (Å²) in [6.45, 7) is 1.96. The normalized spacial score (nSPS) is 31.9. The highest BCUT2D eigenvalue weighted by Crippen LogP contribution is 2.37. The summed E-state index contributed by atoms with van der Waals surface area (Å²) < 4.78 is 4.77. The fraction of sp³-hybridized carbons (Fsp3) is 0.909. The Hall–Kier alpha value is -0.610. The van der Waals surface area contributed by atoms with Crippen molar-refractivity contribution in [3.05, 3.63) is 0 Å². The number of nitrogens with zero attached hydrogens (tertiary/aromatic N) is 1. The van der Waals surface area contributed by atoms with E-state index >= 15 is 0 Å². The van der Waals surface area contributed by atoms with E-state index in [9.17, 15) is 4.79 Å². The summed E-state index contributed by atoms with van der Waals surface area (Å²) in [6.07, 6.45) is 4.02. The van der Waals surface area contributed by atoms with Gasteiger partial charge < -0.3 is 10.1 Å². The number of nitrogens with one attached hydrogen (secondary N) is 1. The molecule has 2 bridgehead atoms. The van der Waals surface area contributed by atoms with Crippen molar-refractivity contribution < 1.29 is 9.53 Å². The number of rotatable bonds is 4. The zero-order valence-electron chi connectivity index (χ0n) is 9.53. The van der Waals surface area contributed by atoms with Crippen LogP contribution in [0, 0.1) is 5.92 Å². The summed E-state index contributed by atoms with van der Waals surface area (Å²) in [5, 5.41) is 3.02. The summed E-state index contributed by atoms with van der Waals surface area (Å²) >= 11 is 0. The van der Waals surface area contributed by atoms with E-state index < -0.39 is 0 Å². The van der Waals surface area contributed by atoms with E-state index in [0.717, 1.165) is 18.5 Å². The average Bonchev–Trinajstić information content (AvgIpc) is 2.86. The zero-order chi connectivity index (χ0) is 10.8. The second kappa shape index (κ2) is 4.49. The van der Waals surface area contributed by atoms with Gasteiger partial charge in [-0.2, -0.15) is 0 Å². The van der Waals surface area contributed by atoms with Crippen LogP contribution < -0.4 is 5.32 Å². The Labute approximate surface area is 91.0 Å². The Morgan fingerprint density at radius 1 is 1.60 bits per heavy atom. The third kappa shape index (κ3) is 2.16. The van der Waals surface area contributed by atoms with Crippen molar-refractivity contribution in [3.63, 3.8) is 0 Å². The number of carbonyl (C=O) groups is 1. The molecule has 0 amide bonds. The molecule has 1 aliphatic carbocycles. The zero-order valence-corrected chi connectivity index (χ0v) is 9.53. The van der Waals surface area contributed by atoms with Crippen molar-refractivity contribution in [2.45, 2.75) is 31.3 Å². The number of piperidine rings is 1. The first-order chi connectivity index (χ1) is 7.24. The largest absolute Gasteiger partial charge is 0.468 e. The molecule has 3 unspecified atom stereocenters. The monoisotopic (exact) mass is 212 g/mol. The minimum atomic E-state index is -0.172. The molecule has 1 N–H and O–H groups in total. The van der Waals surface area contributed by atoms with Gasteiger partial charge in [0.2, 0.25) is 0 Å². The standard InChI is InChI=1S/C11H20N2O2/c1-12-10(11(14)15-2)7-13-6-8-3-4-9(13)5-8/h8-10,12H,3-7H2,1-2H3. The lowest BCUT2D eigenvalue weighted by molar-refractivity contribution is -0.143. The van der Waals surface area contributed by atoms with E-state index in [0.29, 0.717) is 0 Å². The van der Waals surface area contributed by atoms with Crippen LogP contribution in [0.5, 0.6) is 0 Å². The van der Waals surface area contributed by atoms with E-state index in [4.69, 9.17) is 4.74 Å². The summed E-state index contributed by atoms with van der Waals surface area (Å²) in [6, 6.07) is 0.546. The number of hydrogen-bond donors (Lipinski definition) is 1. The van der Waals surface area contributed by atoms with Gasteiger partial charge in [-0.3, -0.25) is 9.69 Å². The van der Waals surface area contributed by atoms with Gasteiger partial charge in [-0.15, -0.1) is 0 Å². The van der Waals surface area contributed by atoms with Crippen LogP contribution in [0.25, 0.3) is 0 Å². The van der Waals surface area contributed by atoms with Crippen molar-refractivity contribution in [3.8, 4) is 0 Å². The van der Waals surface area contributed by atoms with Crippen LogP contribution >= 0.6 is 0 Å². The quantitative estimate of drug-likeness (QED) is 0.677. The topological polar surface area (TPSA) is 41.6 Å². The Morgan fingerprint density at radius 2 is 2.40 bits per heavy atom. The average molecular weight is 212 g/mol. The number of hydrogen-bond acceptors (Lipinski definition) is 4. The Balaban J connectivity index is 1.87. The predicted octanol–water partition coefficient (Wildman–Crippen LogP) is 0.232. The van der Waals surface area contributed by atoms with Crippen molar-refractivity contribution in [2.24, 2.45) is 5.92 Å². The van der Waals surface area contributed by atoms with E-state index in [1.807, 2.05) is 7.05 Å². The summed E-state index contributed by atoms with van der Waals surface area (Å²) in [4.78, 5) is 13.9. The minimum Gasteiger partial charge on any atom is -0.468 e. The predicted molar refractivity (Wildman–Crippen MR) is 57.6 cm³/mol. The molecular formula is C11H20N2O2. The third-order valence-corrected chi connectivity index (χ3v) is 3.77. The molecule has 4 heteroatoms. The fourth-order valence-electron chi connectivity index (χ4n) is 2.91. The molecule has 1 heterocycles. The number of carbonyl (C=O) groups excluding carboxylic acids is 1.